The normalized spacial score (nSPS) is 14.9. The van der Waals surface area contributed by atoms with E-state index in [9.17, 15) is 9.59 Å². The van der Waals surface area contributed by atoms with E-state index in [1.165, 1.54) is 4.88 Å². The molecule has 2 amide bonds. The number of carbonyl (C=O) groups is 2. The molecule has 37 heavy (non-hydrogen) atoms. The van der Waals surface area contributed by atoms with E-state index in [0.29, 0.717) is 41.8 Å². The number of methoxy groups -OCH3 is 1. The van der Waals surface area contributed by atoms with Gasteiger partial charge in [-0.3, -0.25) is 9.59 Å². The summed E-state index contributed by atoms with van der Waals surface area (Å²) in [6.07, 6.45) is 0.795. The Morgan fingerprint density at radius 1 is 1.16 bits per heavy atom. The predicted molar refractivity (Wildman–Crippen MR) is 148 cm³/mol. The van der Waals surface area contributed by atoms with Crippen molar-refractivity contribution in [1.82, 2.24) is 9.80 Å². The van der Waals surface area contributed by atoms with Crippen molar-refractivity contribution < 1.29 is 19.1 Å². The molecule has 1 aromatic heterocycles. The minimum Gasteiger partial charge on any atom is -0.497 e. The smallest absolute Gasteiger partial charge is 0.254 e. The van der Waals surface area contributed by atoms with Crippen molar-refractivity contribution in [3.05, 3.63) is 80.5 Å². The van der Waals surface area contributed by atoms with Crippen LogP contribution in [0.3, 0.4) is 0 Å². The van der Waals surface area contributed by atoms with Crippen LogP contribution in [0.1, 0.15) is 46.3 Å². The summed E-state index contributed by atoms with van der Waals surface area (Å²) in [5, 5.41) is 2.75. The van der Waals surface area contributed by atoms with Crippen LogP contribution in [-0.2, 0) is 11.2 Å². The van der Waals surface area contributed by atoms with Gasteiger partial charge in [0.15, 0.2) is 0 Å². The van der Waals surface area contributed by atoms with Gasteiger partial charge in [0.2, 0.25) is 5.91 Å². The summed E-state index contributed by atoms with van der Waals surface area (Å²) in [5.74, 6) is 1.26. The highest BCUT2D eigenvalue weighted by Crippen LogP contribution is 2.34. The fourth-order valence-electron chi connectivity index (χ4n) is 4.61. The Labute approximate surface area is 227 Å². The second-order valence-electron chi connectivity index (χ2n) is 9.69. The molecule has 3 aromatic rings. The quantitative estimate of drug-likeness (QED) is 0.333. The van der Waals surface area contributed by atoms with Crippen LogP contribution >= 0.6 is 22.9 Å². The molecular formula is C29H33ClN2O4S. The van der Waals surface area contributed by atoms with E-state index in [-0.39, 0.29) is 30.3 Å². The minimum absolute atomic E-state index is 0.00421. The maximum atomic E-state index is 13.7. The summed E-state index contributed by atoms with van der Waals surface area (Å²) in [5.41, 5.74) is 2.56. The predicted octanol–water partition coefficient (Wildman–Crippen LogP) is 6.02. The third-order valence-electron chi connectivity index (χ3n) is 6.47. The molecule has 0 unspecified atom stereocenters. The lowest BCUT2D eigenvalue weighted by atomic mass is 10.00. The minimum atomic E-state index is -0.230. The summed E-state index contributed by atoms with van der Waals surface area (Å²) in [6, 6.07) is 14.5. The molecule has 2 aromatic carbocycles. The standard InChI is InChI=1S/C29H33ClN2O4S/c1-19(2)16-31(29(34)21-6-5-7-22(15-21)35-4)17-28(33)32-12-10-27-24(11-13-37-27)26(32)18-36-23-8-9-25(30)20(3)14-23/h5-9,11,13-15,19,26H,10,12,16-18H2,1-4H3/t26-/m0/s1. The van der Waals surface area contributed by atoms with Gasteiger partial charge in [-0.25, -0.2) is 0 Å². The molecule has 2 heterocycles. The number of nitrogens with zero attached hydrogens (tertiary/aromatic N) is 2. The number of ether oxygens (including phenoxy) is 2. The molecule has 4 rings (SSSR count). The second kappa shape index (κ2) is 12.0. The van der Waals surface area contributed by atoms with Crippen molar-refractivity contribution in [2.75, 3.05) is 33.4 Å². The van der Waals surface area contributed by atoms with Gasteiger partial charge < -0.3 is 19.3 Å². The van der Waals surface area contributed by atoms with E-state index in [1.807, 2.05) is 43.9 Å². The maximum absolute atomic E-state index is 13.7. The van der Waals surface area contributed by atoms with E-state index in [0.717, 1.165) is 17.5 Å². The molecule has 0 radical (unpaired) electrons. The molecule has 0 saturated carbocycles. The Kier molecular flexibility index (Phi) is 8.77. The van der Waals surface area contributed by atoms with Crippen molar-refractivity contribution in [2.45, 2.75) is 33.2 Å². The van der Waals surface area contributed by atoms with Crippen molar-refractivity contribution in [3.8, 4) is 11.5 Å². The van der Waals surface area contributed by atoms with E-state index >= 15 is 0 Å². The zero-order valence-corrected chi connectivity index (χ0v) is 23.3. The topological polar surface area (TPSA) is 59.1 Å². The molecule has 0 bridgehead atoms. The van der Waals surface area contributed by atoms with Crippen LogP contribution in [0.4, 0.5) is 0 Å². The summed E-state index contributed by atoms with van der Waals surface area (Å²) < 4.78 is 11.5. The Balaban J connectivity index is 1.54. The van der Waals surface area contributed by atoms with Crippen LogP contribution in [0, 0.1) is 12.8 Å². The number of fused-ring (bicyclic) bond motifs is 1. The third-order valence-corrected chi connectivity index (χ3v) is 7.89. The molecule has 8 heteroatoms. The fourth-order valence-corrected chi connectivity index (χ4v) is 5.66. The van der Waals surface area contributed by atoms with Gasteiger partial charge in [-0.15, -0.1) is 11.3 Å². The number of carbonyl (C=O) groups excluding carboxylic acids is 2. The van der Waals surface area contributed by atoms with Gasteiger partial charge in [0.1, 0.15) is 24.7 Å². The Morgan fingerprint density at radius 3 is 2.70 bits per heavy atom. The molecule has 6 nitrogen and oxygen atoms in total. The number of halogens is 1. The second-order valence-corrected chi connectivity index (χ2v) is 11.1. The number of hydrogen-bond acceptors (Lipinski definition) is 5. The lowest BCUT2D eigenvalue weighted by Crippen LogP contribution is -2.48. The number of hydrogen-bond donors (Lipinski definition) is 0. The Hall–Kier alpha value is -3.03. The number of amides is 2. The third kappa shape index (κ3) is 6.46. The first-order valence-electron chi connectivity index (χ1n) is 12.4. The number of thiophene rings is 1. The number of benzene rings is 2. The van der Waals surface area contributed by atoms with E-state index in [2.05, 4.69) is 11.4 Å². The van der Waals surface area contributed by atoms with Crippen LogP contribution in [0.25, 0.3) is 0 Å². The van der Waals surface area contributed by atoms with Crippen LogP contribution < -0.4 is 9.47 Å². The summed E-state index contributed by atoms with van der Waals surface area (Å²) in [4.78, 5) is 32.0. The molecule has 196 valence electrons. The van der Waals surface area contributed by atoms with Gasteiger partial charge in [-0.1, -0.05) is 31.5 Å². The van der Waals surface area contributed by atoms with Gasteiger partial charge in [-0.05, 0) is 78.2 Å². The van der Waals surface area contributed by atoms with Crippen molar-refractivity contribution >= 4 is 34.8 Å². The van der Waals surface area contributed by atoms with E-state index in [1.54, 1.807) is 47.6 Å². The van der Waals surface area contributed by atoms with Crippen molar-refractivity contribution in [3.63, 3.8) is 0 Å². The Morgan fingerprint density at radius 2 is 1.97 bits per heavy atom. The first-order chi connectivity index (χ1) is 17.8. The highest BCUT2D eigenvalue weighted by atomic mass is 35.5. The van der Waals surface area contributed by atoms with Crippen LogP contribution in [0.5, 0.6) is 11.5 Å². The van der Waals surface area contributed by atoms with Gasteiger partial charge in [0, 0.05) is 28.6 Å². The first kappa shape index (κ1) is 27.0. The summed E-state index contributed by atoms with van der Waals surface area (Å²) in [6.45, 7) is 7.41. The SMILES string of the molecule is COc1cccc(C(=O)N(CC(=O)N2CCc3sccc3[C@@H]2COc2ccc(Cl)c(C)c2)CC(C)C)c1. The highest BCUT2D eigenvalue weighted by Gasteiger charge is 2.34. The van der Waals surface area contributed by atoms with E-state index < -0.39 is 0 Å². The molecule has 1 aliphatic rings. The molecule has 0 aliphatic carbocycles. The number of aryl methyl sites for hydroxylation is 1. The lowest BCUT2D eigenvalue weighted by molar-refractivity contribution is -0.135. The summed E-state index contributed by atoms with van der Waals surface area (Å²) >= 11 is 7.88. The molecular weight excluding hydrogens is 508 g/mol. The first-order valence-corrected chi connectivity index (χ1v) is 13.7. The largest absolute Gasteiger partial charge is 0.497 e. The monoisotopic (exact) mass is 540 g/mol. The van der Waals surface area contributed by atoms with Crippen molar-refractivity contribution in [2.24, 2.45) is 5.92 Å². The van der Waals surface area contributed by atoms with Gasteiger partial charge >= 0.3 is 0 Å². The number of rotatable bonds is 9. The van der Waals surface area contributed by atoms with Gasteiger partial charge in [0.25, 0.3) is 5.91 Å². The molecule has 0 saturated heterocycles. The molecule has 1 atom stereocenters. The van der Waals surface area contributed by atoms with Gasteiger partial charge in [-0.2, -0.15) is 0 Å². The maximum Gasteiger partial charge on any atom is 0.254 e. The highest BCUT2D eigenvalue weighted by molar-refractivity contribution is 7.10. The average Bonchev–Trinajstić information content (AvgIpc) is 3.37. The van der Waals surface area contributed by atoms with Gasteiger partial charge in [0.05, 0.1) is 13.2 Å². The zero-order chi connectivity index (χ0) is 26.5. The van der Waals surface area contributed by atoms with E-state index in [4.69, 9.17) is 21.1 Å². The zero-order valence-electron chi connectivity index (χ0n) is 21.7. The lowest BCUT2D eigenvalue weighted by Gasteiger charge is -2.37. The molecule has 0 spiro atoms. The average molecular weight is 541 g/mol. The molecule has 0 fully saturated rings. The van der Waals surface area contributed by atoms with Crippen LogP contribution in [0.2, 0.25) is 5.02 Å². The molecule has 1 aliphatic heterocycles. The Bertz CT molecular complexity index is 1260. The fraction of sp³-hybridized carbons (Fsp3) is 0.379. The van der Waals surface area contributed by atoms with Crippen LogP contribution in [-0.4, -0.2) is 55.0 Å². The van der Waals surface area contributed by atoms with Crippen molar-refractivity contribution in [1.29, 1.82) is 0 Å². The molecule has 0 N–H and O–H groups in total. The summed E-state index contributed by atoms with van der Waals surface area (Å²) in [7, 11) is 1.57. The van der Waals surface area contributed by atoms with Crippen LogP contribution in [0.15, 0.2) is 53.9 Å².